The number of hydrogen-bond donors (Lipinski definition) is 1. The quantitative estimate of drug-likeness (QED) is 0.667. The van der Waals surface area contributed by atoms with Crippen LogP contribution < -0.4 is 5.32 Å². The standard InChI is InChI=1S/C13H26N2O2/c1-13(12-3-4-12)11-14-5-6-15(13)7-8-17-10-9-16-2/h12,14H,3-11H2,1-2H3. The number of hydrogen-bond acceptors (Lipinski definition) is 4. The van der Waals surface area contributed by atoms with Crippen LogP contribution in [0.2, 0.25) is 0 Å². The Balaban J connectivity index is 1.73. The van der Waals surface area contributed by atoms with Crippen LogP contribution in [0.5, 0.6) is 0 Å². The van der Waals surface area contributed by atoms with Gasteiger partial charge in [-0.05, 0) is 25.7 Å². The molecule has 4 nitrogen and oxygen atoms in total. The Kier molecular flexibility index (Phi) is 4.79. The number of nitrogens with zero attached hydrogens (tertiary/aromatic N) is 1. The first-order valence-corrected chi connectivity index (χ1v) is 6.80. The number of rotatable bonds is 7. The lowest BCUT2D eigenvalue weighted by molar-refractivity contribution is 0.0103. The third kappa shape index (κ3) is 3.41. The van der Waals surface area contributed by atoms with Gasteiger partial charge in [-0.15, -0.1) is 0 Å². The maximum absolute atomic E-state index is 5.58. The summed E-state index contributed by atoms with van der Waals surface area (Å²) in [5.41, 5.74) is 0.364. The van der Waals surface area contributed by atoms with Crippen molar-refractivity contribution in [2.45, 2.75) is 25.3 Å². The molecule has 1 aliphatic heterocycles. The van der Waals surface area contributed by atoms with Gasteiger partial charge < -0.3 is 14.8 Å². The van der Waals surface area contributed by atoms with Gasteiger partial charge in [0.15, 0.2) is 0 Å². The summed E-state index contributed by atoms with van der Waals surface area (Å²) in [5, 5.41) is 3.53. The van der Waals surface area contributed by atoms with E-state index in [1.807, 2.05) is 0 Å². The fourth-order valence-electron chi connectivity index (χ4n) is 2.82. The zero-order chi connectivity index (χ0) is 12.1. The molecule has 2 rings (SSSR count). The van der Waals surface area contributed by atoms with Crippen LogP contribution in [0.1, 0.15) is 19.8 Å². The molecule has 1 atom stereocenters. The van der Waals surface area contributed by atoms with Crippen molar-refractivity contribution < 1.29 is 9.47 Å². The highest BCUT2D eigenvalue weighted by molar-refractivity contribution is 5.02. The van der Waals surface area contributed by atoms with Crippen LogP contribution >= 0.6 is 0 Å². The summed E-state index contributed by atoms with van der Waals surface area (Å²) in [4.78, 5) is 2.62. The monoisotopic (exact) mass is 242 g/mol. The second-order valence-corrected chi connectivity index (χ2v) is 5.40. The first kappa shape index (κ1) is 13.3. The molecule has 4 heteroatoms. The van der Waals surface area contributed by atoms with Crippen LogP contribution in [-0.2, 0) is 9.47 Å². The Morgan fingerprint density at radius 3 is 2.82 bits per heavy atom. The normalized spacial score (nSPS) is 30.7. The van der Waals surface area contributed by atoms with E-state index in [1.165, 1.54) is 12.8 Å². The molecule has 0 amide bonds. The molecule has 1 N–H and O–H groups in total. The molecule has 0 aromatic heterocycles. The van der Waals surface area contributed by atoms with Crippen molar-refractivity contribution in [3.8, 4) is 0 Å². The molecule has 1 heterocycles. The van der Waals surface area contributed by atoms with Crippen molar-refractivity contribution in [3.63, 3.8) is 0 Å². The SMILES string of the molecule is COCCOCCN1CCNCC1(C)C1CC1. The summed E-state index contributed by atoms with van der Waals surface area (Å²) in [5.74, 6) is 0.897. The maximum Gasteiger partial charge on any atom is 0.0700 e. The van der Waals surface area contributed by atoms with Gasteiger partial charge in [0, 0.05) is 38.8 Å². The highest BCUT2D eigenvalue weighted by atomic mass is 16.5. The van der Waals surface area contributed by atoms with E-state index < -0.39 is 0 Å². The van der Waals surface area contributed by atoms with E-state index >= 15 is 0 Å². The van der Waals surface area contributed by atoms with Gasteiger partial charge in [-0.3, -0.25) is 4.90 Å². The van der Waals surface area contributed by atoms with E-state index in [-0.39, 0.29) is 0 Å². The third-order valence-corrected chi connectivity index (χ3v) is 4.16. The molecule has 100 valence electrons. The second-order valence-electron chi connectivity index (χ2n) is 5.40. The number of piperazine rings is 1. The molecule has 0 aromatic rings. The van der Waals surface area contributed by atoms with Crippen LogP contribution in [0, 0.1) is 5.92 Å². The minimum atomic E-state index is 0.364. The first-order chi connectivity index (χ1) is 8.27. The van der Waals surface area contributed by atoms with Gasteiger partial charge >= 0.3 is 0 Å². The molecule has 0 spiro atoms. The zero-order valence-electron chi connectivity index (χ0n) is 11.2. The van der Waals surface area contributed by atoms with E-state index in [4.69, 9.17) is 9.47 Å². The molecule has 1 saturated carbocycles. The molecule has 1 saturated heterocycles. The highest BCUT2D eigenvalue weighted by Crippen LogP contribution is 2.43. The predicted octanol–water partition coefficient (Wildman–Crippen LogP) is 0.723. The minimum absolute atomic E-state index is 0.364. The van der Waals surface area contributed by atoms with Crippen LogP contribution in [0.25, 0.3) is 0 Å². The van der Waals surface area contributed by atoms with Crippen molar-refractivity contribution in [1.29, 1.82) is 0 Å². The number of nitrogens with one attached hydrogen (secondary N) is 1. The third-order valence-electron chi connectivity index (χ3n) is 4.16. The van der Waals surface area contributed by atoms with E-state index in [0.29, 0.717) is 18.8 Å². The van der Waals surface area contributed by atoms with Crippen molar-refractivity contribution in [3.05, 3.63) is 0 Å². The van der Waals surface area contributed by atoms with Gasteiger partial charge in [-0.2, -0.15) is 0 Å². The second kappa shape index (κ2) is 6.14. The molecule has 2 aliphatic rings. The summed E-state index contributed by atoms with van der Waals surface area (Å²) in [6.45, 7) is 9.09. The Morgan fingerprint density at radius 1 is 1.29 bits per heavy atom. The van der Waals surface area contributed by atoms with E-state index in [9.17, 15) is 0 Å². The summed E-state index contributed by atoms with van der Waals surface area (Å²) in [6, 6.07) is 0. The van der Waals surface area contributed by atoms with E-state index in [2.05, 4.69) is 17.1 Å². The average Bonchev–Trinajstić information content (AvgIpc) is 3.15. The van der Waals surface area contributed by atoms with E-state index in [1.54, 1.807) is 7.11 Å². The summed E-state index contributed by atoms with van der Waals surface area (Å²) >= 11 is 0. The lowest BCUT2D eigenvalue weighted by Crippen LogP contribution is -2.61. The molecular formula is C13H26N2O2. The lowest BCUT2D eigenvalue weighted by atomic mass is 9.91. The van der Waals surface area contributed by atoms with Gasteiger partial charge in [0.2, 0.25) is 0 Å². The molecule has 17 heavy (non-hydrogen) atoms. The molecule has 1 aliphatic carbocycles. The van der Waals surface area contributed by atoms with Crippen LogP contribution in [-0.4, -0.2) is 63.5 Å². The highest BCUT2D eigenvalue weighted by Gasteiger charge is 2.46. The summed E-state index contributed by atoms with van der Waals surface area (Å²) < 4.78 is 10.6. The molecule has 2 fully saturated rings. The zero-order valence-corrected chi connectivity index (χ0v) is 11.2. The van der Waals surface area contributed by atoms with Crippen molar-refractivity contribution >= 4 is 0 Å². The van der Waals surface area contributed by atoms with Crippen LogP contribution in [0.15, 0.2) is 0 Å². The van der Waals surface area contributed by atoms with Crippen molar-refractivity contribution in [2.24, 2.45) is 5.92 Å². The molecular weight excluding hydrogens is 216 g/mol. The average molecular weight is 242 g/mol. The summed E-state index contributed by atoms with van der Waals surface area (Å²) in [6.07, 6.45) is 2.80. The van der Waals surface area contributed by atoms with Crippen LogP contribution in [0.3, 0.4) is 0 Å². The Bertz CT molecular complexity index is 233. The Hall–Kier alpha value is -0.160. The lowest BCUT2D eigenvalue weighted by Gasteiger charge is -2.45. The van der Waals surface area contributed by atoms with Gasteiger partial charge in [0.1, 0.15) is 0 Å². The topological polar surface area (TPSA) is 33.7 Å². The summed E-state index contributed by atoms with van der Waals surface area (Å²) in [7, 11) is 1.71. The van der Waals surface area contributed by atoms with Crippen molar-refractivity contribution in [1.82, 2.24) is 10.2 Å². The molecule has 0 bridgehead atoms. The van der Waals surface area contributed by atoms with Crippen molar-refractivity contribution in [2.75, 3.05) is 53.1 Å². The molecule has 1 unspecified atom stereocenters. The Labute approximate surface area is 105 Å². The van der Waals surface area contributed by atoms with Gasteiger partial charge in [0.05, 0.1) is 19.8 Å². The Morgan fingerprint density at radius 2 is 2.12 bits per heavy atom. The largest absolute Gasteiger partial charge is 0.382 e. The van der Waals surface area contributed by atoms with Crippen LogP contribution in [0.4, 0.5) is 0 Å². The molecule has 0 aromatic carbocycles. The van der Waals surface area contributed by atoms with Gasteiger partial charge in [-0.1, -0.05) is 0 Å². The fourth-order valence-corrected chi connectivity index (χ4v) is 2.82. The fraction of sp³-hybridized carbons (Fsp3) is 1.00. The molecule has 0 radical (unpaired) electrons. The van der Waals surface area contributed by atoms with Gasteiger partial charge in [0.25, 0.3) is 0 Å². The first-order valence-electron chi connectivity index (χ1n) is 6.80. The number of methoxy groups -OCH3 is 1. The smallest absolute Gasteiger partial charge is 0.0700 e. The predicted molar refractivity (Wildman–Crippen MR) is 68.3 cm³/mol. The minimum Gasteiger partial charge on any atom is -0.382 e. The maximum atomic E-state index is 5.58. The van der Waals surface area contributed by atoms with E-state index in [0.717, 1.165) is 38.7 Å². The number of ether oxygens (including phenoxy) is 2. The van der Waals surface area contributed by atoms with Gasteiger partial charge in [-0.25, -0.2) is 0 Å².